The van der Waals surface area contributed by atoms with Crippen LogP contribution in [0.25, 0.3) is 0 Å². The summed E-state index contributed by atoms with van der Waals surface area (Å²) in [7, 11) is 0. The van der Waals surface area contributed by atoms with Crippen LogP contribution in [-0.2, 0) is 11.1 Å². The Morgan fingerprint density at radius 1 is 1.08 bits per heavy atom. The highest BCUT2D eigenvalue weighted by Crippen LogP contribution is 2.15. The molecule has 0 fully saturated rings. The van der Waals surface area contributed by atoms with Gasteiger partial charge in [0.1, 0.15) is 5.82 Å². The Morgan fingerprint density at radius 3 is 2.08 bits per heavy atom. The Hall–Kier alpha value is -0.880. The van der Waals surface area contributed by atoms with Crippen molar-refractivity contribution in [3.8, 4) is 0 Å². The zero-order chi connectivity index (χ0) is 9.30. The third kappa shape index (κ3) is 1.64. The normalized spacial score (nSPS) is 13.0. The lowest BCUT2D eigenvalue weighted by Gasteiger charge is -2.05. The zero-order valence-electron chi connectivity index (χ0n) is 5.51. The molecular weight excluding hydrogens is 193 g/mol. The van der Waals surface area contributed by atoms with Crippen LogP contribution in [0.1, 0.15) is 0 Å². The maximum absolute atomic E-state index is 12.5. The van der Waals surface area contributed by atoms with Crippen molar-refractivity contribution in [2.24, 2.45) is 0 Å². The Kier molecular flexibility index (Phi) is 2.49. The lowest BCUT2D eigenvalue weighted by molar-refractivity contribution is 0.477. The fraction of sp³-hybridized carbons (Fsp3) is 0. The number of halogens is 3. The zero-order valence-corrected chi connectivity index (χ0v) is 6.33. The third-order valence-electron chi connectivity index (χ3n) is 1.15. The minimum Gasteiger partial charge on any atom is -0.768 e. The quantitative estimate of drug-likeness (QED) is 0.501. The van der Waals surface area contributed by atoms with E-state index in [1.165, 1.54) is 0 Å². The molecule has 0 aliphatic heterocycles. The average Bonchev–Trinajstić information content (AvgIpc) is 1.96. The summed E-state index contributed by atoms with van der Waals surface area (Å²) in [5, 5.41) is 0. The largest absolute Gasteiger partial charge is 0.768 e. The van der Waals surface area contributed by atoms with E-state index >= 15 is 0 Å². The predicted molar refractivity (Wildman–Crippen MR) is 33.5 cm³/mol. The molecule has 1 atom stereocenters. The van der Waals surface area contributed by atoms with Gasteiger partial charge in [-0.25, -0.2) is 13.2 Å². The molecule has 1 aromatic rings. The van der Waals surface area contributed by atoms with E-state index in [1.54, 1.807) is 0 Å². The van der Waals surface area contributed by atoms with Crippen molar-refractivity contribution in [2.75, 3.05) is 0 Å². The lowest BCUT2D eigenvalue weighted by Crippen LogP contribution is -1.97. The highest BCUT2D eigenvalue weighted by atomic mass is 32.2. The van der Waals surface area contributed by atoms with Crippen LogP contribution in [0, 0.1) is 17.5 Å². The molecule has 0 aliphatic carbocycles. The molecule has 0 saturated carbocycles. The first-order valence-corrected chi connectivity index (χ1v) is 3.83. The predicted octanol–water partition coefficient (Wildman–Crippen LogP) is 1.34. The van der Waals surface area contributed by atoms with Crippen molar-refractivity contribution in [2.45, 2.75) is 4.90 Å². The molecule has 1 unspecified atom stereocenters. The van der Waals surface area contributed by atoms with Gasteiger partial charge in [-0.15, -0.1) is 0 Å². The summed E-state index contributed by atoms with van der Waals surface area (Å²) in [5.41, 5.74) is 0. The van der Waals surface area contributed by atoms with Crippen molar-refractivity contribution in [1.29, 1.82) is 0 Å². The van der Waals surface area contributed by atoms with Crippen LogP contribution in [-0.4, -0.2) is 8.76 Å². The van der Waals surface area contributed by atoms with Crippen molar-refractivity contribution in [3.63, 3.8) is 0 Å². The number of benzene rings is 1. The van der Waals surface area contributed by atoms with Gasteiger partial charge in [0.15, 0.2) is 11.6 Å². The molecule has 1 aromatic carbocycles. The second-order valence-electron chi connectivity index (χ2n) is 1.93. The second-order valence-corrected chi connectivity index (χ2v) is 2.84. The van der Waals surface area contributed by atoms with E-state index in [4.69, 9.17) is 0 Å². The van der Waals surface area contributed by atoms with Crippen LogP contribution < -0.4 is 0 Å². The van der Waals surface area contributed by atoms with Gasteiger partial charge in [-0.05, 0) is 17.1 Å². The minimum absolute atomic E-state index is 0.181. The van der Waals surface area contributed by atoms with Crippen molar-refractivity contribution in [1.82, 2.24) is 0 Å². The molecule has 0 bridgehead atoms. The topological polar surface area (TPSA) is 40.1 Å². The van der Waals surface area contributed by atoms with Gasteiger partial charge in [0.2, 0.25) is 0 Å². The lowest BCUT2D eigenvalue weighted by atomic mass is 10.3. The average molecular weight is 195 g/mol. The van der Waals surface area contributed by atoms with Gasteiger partial charge in [-0.2, -0.15) is 0 Å². The standard InChI is InChI=1S/C6H3F3O2S/c7-3-1-5(9)6(12(10)11)2-4(3)8/h1-2H,(H,10,11)/p-1. The summed E-state index contributed by atoms with van der Waals surface area (Å²) in [4.78, 5) is -0.881. The van der Waals surface area contributed by atoms with Crippen LogP contribution in [0.3, 0.4) is 0 Å². The van der Waals surface area contributed by atoms with Gasteiger partial charge in [0, 0.05) is 6.07 Å². The van der Waals surface area contributed by atoms with Crippen LogP contribution in [0.2, 0.25) is 0 Å². The Labute approximate surface area is 68.3 Å². The van der Waals surface area contributed by atoms with Gasteiger partial charge in [-0.1, -0.05) is 0 Å². The molecule has 0 spiro atoms. The Morgan fingerprint density at radius 2 is 1.58 bits per heavy atom. The second kappa shape index (κ2) is 3.24. The Balaban J connectivity index is 3.33. The van der Waals surface area contributed by atoms with Gasteiger partial charge in [0.25, 0.3) is 0 Å². The Bertz CT molecular complexity index is 340. The number of hydrogen-bond donors (Lipinski definition) is 0. The summed E-state index contributed by atoms with van der Waals surface area (Å²) in [6, 6.07) is 0.467. The molecule has 0 amide bonds. The molecule has 1 rings (SSSR count). The minimum atomic E-state index is -2.89. The summed E-state index contributed by atoms with van der Waals surface area (Å²) in [5.74, 6) is -4.11. The number of rotatable bonds is 1. The molecule has 6 heteroatoms. The summed E-state index contributed by atoms with van der Waals surface area (Å²) < 4.78 is 57.3. The molecule has 0 saturated heterocycles. The van der Waals surface area contributed by atoms with E-state index in [-0.39, 0.29) is 12.1 Å². The molecule has 0 aliphatic rings. The van der Waals surface area contributed by atoms with Crippen LogP contribution >= 0.6 is 0 Å². The maximum atomic E-state index is 12.5. The van der Waals surface area contributed by atoms with E-state index in [0.29, 0.717) is 0 Å². The highest BCUT2D eigenvalue weighted by Gasteiger charge is 2.09. The summed E-state index contributed by atoms with van der Waals surface area (Å²) in [6.07, 6.45) is 0. The third-order valence-corrected chi connectivity index (χ3v) is 1.83. The highest BCUT2D eigenvalue weighted by molar-refractivity contribution is 7.79. The molecule has 0 heterocycles. The molecular formula is C6H2F3O2S-. The first kappa shape index (κ1) is 9.21. The van der Waals surface area contributed by atoms with E-state index in [1.807, 2.05) is 0 Å². The van der Waals surface area contributed by atoms with E-state index in [0.717, 1.165) is 0 Å². The van der Waals surface area contributed by atoms with Gasteiger partial charge < -0.3 is 4.55 Å². The maximum Gasteiger partial charge on any atom is 0.161 e. The van der Waals surface area contributed by atoms with Crippen LogP contribution in [0.15, 0.2) is 17.0 Å². The molecule has 12 heavy (non-hydrogen) atoms. The SMILES string of the molecule is O=S([O-])c1cc(F)c(F)cc1F. The van der Waals surface area contributed by atoms with E-state index < -0.39 is 33.4 Å². The smallest absolute Gasteiger partial charge is 0.161 e. The molecule has 0 N–H and O–H groups in total. The van der Waals surface area contributed by atoms with Crippen LogP contribution in [0.5, 0.6) is 0 Å². The van der Waals surface area contributed by atoms with Crippen molar-refractivity contribution in [3.05, 3.63) is 29.6 Å². The van der Waals surface area contributed by atoms with Crippen LogP contribution in [0.4, 0.5) is 13.2 Å². The fourth-order valence-corrected chi connectivity index (χ4v) is 1.05. The number of hydrogen-bond acceptors (Lipinski definition) is 2. The summed E-state index contributed by atoms with van der Waals surface area (Å²) >= 11 is -2.89. The molecule has 0 aromatic heterocycles. The fourth-order valence-electron chi connectivity index (χ4n) is 0.632. The van der Waals surface area contributed by atoms with Gasteiger partial charge in [0.05, 0.1) is 4.90 Å². The molecule has 2 nitrogen and oxygen atoms in total. The summed E-state index contributed by atoms with van der Waals surface area (Å²) in [6.45, 7) is 0. The van der Waals surface area contributed by atoms with E-state index in [2.05, 4.69) is 0 Å². The molecule has 66 valence electrons. The first-order valence-electron chi connectivity index (χ1n) is 2.76. The first-order chi connectivity index (χ1) is 5.52. The molecule has 0 radical (unpaired) electrons. The van der Waals surface area contributed by atoms with Gasteiger partial charge in [-0.3, -0.25) is 4.21 Å². The van der Waals surface area contributed by atoms with Crippen molar-refractivity contribution < 1.29 is 21.9 Å². The van der Waals surface area contributed by atoms with E-state index in [9.17, 15) is 21.9 Å². The monoisotopic (exact) mass is 195 g/mol. The van der Waals surface area contributed by atoms with Gasteiger partial charge >= 0.3 is 0 Å². The van der Waals surface area contributed by atoms with Crippen molar-refractivity contribution >= 4 is 11.1 Å².